The van der Waals surface area contributed by atoms with Gasteiger partial charge in [-0.3, -0.25) is 4.79 Å². The van der Waals surface area contributed by atoms with Crippen LogP contribution in [0.3, 0.4) is 0 Å². The molecule has 128 valence electrons. The Morgan fingerprint density at radius 2 is 1.92 bits per heavy atom. The first-order valence-corrected chi connectivity index (χ1v) is 9.03. The molecule has 2 aromatic heterocycles. The van der Waals surface area contributed by atoms with E-state index in [2.05, 4.69) is 27.4 Å². The normalized spacial score (nSPS) is 10.8. The number of fused-ring (bicyclic) bond motifs is 1. The number of amides is 1. The Balaban J connectivity index is 1.64. The highest BCUT2D eigenvalue weighted by Gasteiger charge is 2.08. The molecular weight excluding hydrogens is 344 g/mol. The molecule has 5 nitrogen and oxygen atoms in total. The van der Waals surface area contributed by atoms with Crippen molar-refractivity contribution in [3.05, 3.63) is 72.2 Å². The first kappa shape index (κ1) is 16.4. The molecule has 1 N–H and O–H groups in total. The van der Waals surface area contributed by atoms with Gasteiger partial charge in [0, 0.05) is 25.1 Å². The van der Waals surface area contributed by atoms with Gasteiger partial charge in [-0.1, -0.05) is 47.7 Å². The molecular formula is C20H16N4OS. The molecule has 0 unspecified atom stereocenters. The molecule has 0 saturated heterocycles. The Bertz CT molecular complexity index is 1080. The topological polar surface area (TPSA) is 67.8 Å². The van der Waals surface area contributed by atoms with E-state index in [0.717, 1.165) is 27.3 Å². The van der Waals surface area contributed by atoms with Crippen molar-refractivity contribution in [2.24, 2.45) is 0 Å². The van der Waals surface area contributed by atoms with Crippen molar-refractivity contribution in [1.29, 1.82) is 0 Å². The lowest BCUT2D eigenvalue weighted by atomic mass is 10.1. The minimum atomic E-state index is -0.120. The number of carbonyl (C=O) groups is 1. The van der Waals surface area contributed by atoms with E-state index >= 15 is 0 Å². The minimum Gasteiger partial charge on any atom is -0.302 e. The van der Waals surface area contributed by atoms with Gasteiger partial charge in [0.05, 0.1) is 15.9 Å². The highest BCUT2D eigenvalue weighted by atomic mass is 32.1. The van der Waals surface area contributed by atoms with Crippen molar-refractivity contribution in [1.82, 2.24) is 15.0 Å². The van der Waals surface area contributed by atoms with Crippen LogP contribution < -0.4 is 5.32 Å². The molecule has 6 heteroatoms. The standard InChI is InChI=1S/C20H16N4OS/c1-13(25)22-20-24-17-8-7-15(12-18(17)26-20)16-9-10-21-19(23-16)11-14-5-3-2-4-6-14/h2-10,12H,11H2,1H3,(H,22,24,25). The summed E-state index contributed by atoms with van der Waals surface area (Å²) in [5.41, 5.74) is 3.93. The molecule has 26 heavy (non-hydrogen) atoms. The van der Waals surface area contributed by atoms with Crippen LogP contribution in [0.5, 0.6) is 0 Å². The summed E-state index contributed by atoms with van der Waals surface area (Å²) >= 11 is 1.45. The third-order valence-electron chi connectivity index (χ3n) is 3.88. The van der Waals surface area contributed by atoms with Crippen LogP contribution in [0.4, 0.5) is 5.13 Å². The van der Waals surface area contributed by atoms with Crippen LogP contribution in [0.1, 0.15) is 18.3 Å². The molecule has 1 amide bonds. The number of carbonyl (C=O) groups excluding carboxylic acids is 1. The average molecular weight is 360 g/mol. The van der Waals surface area contributed by atoms with E-state index in [9.17, 15) is 4.79 Å². The average Bonchev–Trinajstić information content (AvgIpc) is 3.03. The Labute approximate surface area is 154 Å². The summed E-state index contributed by atoms with van der Waals surface area (Å²) in [6.45, 7) is 1.48. The van der Waals surface area contributed by atoms with Gasteiger partial charge in [0.1, 0.15) is 5.82 Å². The summed E-state index contributed by atoms with van der Waals surface area (Å²) in [7, 11) is 0. The second-order valence-corrected chi connectivity index (χ2v) is 6.93. The maximum atomic E-state index is 11.2. The number of hydrogen-bond acceptors (Lipinski definition) is 5. The van der Waals surface area contributed by atoms with Crippen LogP contribution in [0.25, 0.3) is 21.5 Å². The molecule has 4 rings (SSSR count). The van der Waals surface area contributed by atoms with Crippen molar-refractivity contribution < 1.29 is 4.79 Å². The number of anilines is 1. The summed E-state index contributed by atoms with van der Waals surface area (Å²) in [5, 5.41) is 3.34. The van der Waals surface area contributed by atoms with Gasteiger partial charge in [-0.25, -0.2) is 15.0 Å². The second kappa shape index (κ2) is 7.01. The molecule has 0 fully saturated rings. The predicted octanol–water partition coefficient (Wildman–Crippen LogP) is 4.30. The van der Waals surface area contributed by atoms with E-state index in [0.29, 0.717) is 11.6 Å². The number of hydrogen-bond donors (Lipinski definition) is 1. The fraction of sp³-hybridized carbons (Fsp3) is 0.100. The van der Waals surface area contributed by atoms with Gasteiger partial charge >= 0.3 is 0 Å². The molecule has 0 radical (unpaired) electrons. The van der Waals surface area contributed by atoms with Crippen LogP contribution in [0.15, 0.2) is 60.8 Å². The molecule has 0 aliphatic heterocycles. The van der Waals surface area contributed by atoms with Crippen LogP contribution >= 0.6 is 11.3 Å². The first-order chi connectivity index (χ1) is 12.7. The molecule has 2 heterocycles. The zero-order valence-electron chi connectivity index (χ0n) is 14.1. The van der Waals surface area contributed by atoms with E-state index in [1.807, 2.05) is 42.5 Å². The third kappa shape index (κ3) is 3.60. The molecule has 2 aromatic carbocycles. The van der Waals surface area contributed by atoms with Crippen LogP contribution in [-0.2, 0) is 11.2 Å². The van der Waals surface area contributed by atoms with Crippen LogP contribution in [0.2, 0.25) is 0 Å². The quantitative estimate of drug-likeness (QED) is 0.589. The number of aromatic nitrogens is 3. The molecule has 0 aliphatic carbocycles. The van der Waals surface area contributed by atoms with Crippen LogP contribution in [-0.4, -0.2) is 20.9 Å². The molecule has 0 atom stereocenters. The van der Waals surface area contributed by atoms with Crippen LogP contribution in [0, 0.1) is 0 Å². The van der Waals surface area contributed by atoms with E-state index < -0.39 is 0 Å². The molecule has 0 aliphatic rings. The summed E-state index contributed by atoms with van der Waals surface area (Å²) in [6.07, 6.45) is 2.49. The van der Waals surface area contributed by atoms with Crippen molar-refractivity contribution in [3.63, 3.8) is 0 Å². The Kier molecular flexibility index (Phi) is 4.41. The minimum absolute atomic E-state index is 0.120. The Morgan fingerprint density at radius 1 is 1.08 bits per heavy atom. The highest BCUT2D eigenvalue weighted by Crippen LogP contribution is 2.30. The fourth-order valence-electron chi connectivity index (χ4n) is 2.71. The maximum absolute atomic E-state index is 11.2. The van der Waals surface area contributed by atoms with E-state index in [1.54, 1.807) is 6.20 Å². The van der Waals surface area contributed by atoms with Gasteiger partial charge in [-0.2, -0.15) is 0 Å². The fourth-order valence-corrected chi connectivity index (χ4v) is 3.66. The maximum Gasteiger partial charge on any atom is 0.223 e. The van der Waals surface area contributed by atoms with Gasteiger partial charge in [-0.05, 0) is 23.8 Å². The van der Waals surface area contributed by atoms with Gasteiger partial charge in [0.25, 0.3) is 0 Å². The number of nitrogens with zero attached hydrogens (tertiary/aromatic N) is 3. The first-order valence-electron chi connectivity index (χ1n) is 8.22. The largest absolute Gasteiger partial charge is 0.302 e. The van der Waals surface area contributed by atoms with Crippen molar-refractivity contribution in [3.8, 4) is 11.3 Å². The number of rotatable bonds is 4. The molecule has 0 bridgehead atoms. The summed E-state index contributed by atoms with van der Waals surface area (Å²) in [5.74, 6) is 0.669. The molecule has 4 aromatic rings. The number of thiazole rings is 1. The number of nitrogens with one attached hydrogen (secondary N) is 1. The van der Waals surface area contributed by atoms with Crippen molar-refractivity contribution in [2.75, 3.05) is 5.32 Å². The Morgan fingerprint density at radius 3 is 2.73 bits per heavy atom. The SMILES string of the molecule is CC(=O)Nc1nc2ccc(-c3ccnc(Cc4ccccc4)n3)cc2s1. The van der Waals surface area contributed by atoms with E-state index in [-0.39, 0.29) is 5.91 Å². The zero-order chi connectivity index (χ0) is 17.9. The van der Waals surface area contributed by atoms with Crippen molar-refractivity contribution in [2.45, 2.75) is 13.3 Å². The lowest BCUT2D eigenvalue weighted by molar-refractivity contribution is -0.114. The highest BCUT2D eigenvalue weighted by molar-refractivity contribution is 7.22. The Hall–Kier alpha value is -3.12. The smallest absolute Gasteiger partial charge is 0.223 e. The number of benzene rings is 2. The lowest BCUT2D eigenvalue weighted by Crippen LogP contribution is -2.04. The van der Waals surface area contributed by atoms with Gasteiger partial charge in [-0.15, -0.1) is 0 Å². The second-order valence-electron chi connectivity index (χ2n) is 5.90. The third-order valence-corrected chi connectivity index (χ3v) is 4.81. The summed E-state index contributed by atoms with van der Waals surface area (Å²) < 4.78 is 1.01. The lowest BCUT2D eigenvalue weighted by Gasteiger charge is -2.04. The predicted molar refractivity (Wildman–Crippen MR) is 104 cm³/mol. The van der Waals surface area contributed by atoms with Gasteiger partial charge in [0.2, 0.25) is 5.91 Å². The monoisotopic (exact) mass is 360 g/mol. The molecule has 0 spiro atoms. The summed E-state index contributed by atoms with van der Waals surface area (Å²) in [6, 6.07) is 18.1. The summed E-state index contributed by atoms with van der Waals surface area (Å²) in [4.78, 5) is 24.7. The zero-order valence-corrected chi connectivity index (χ0v) is 15.0. The van der Waals surface area contributed by atoms with E-state index in [4.69, 9.17) is 4.98 Å². The molecule has 0 saturated carbocycles. The van der Waals surface area contributed by atoms with Gasteiger partial charge in [0.15, 0.2) is 5.13 Å². The van der Waals surface area contributed by atoms with Gasteiger partial charge < -0.3 is 5.32 Å². The van der Waals surface area contributed by atoms with Crippen molar-refractivity contribution >= 4 is 32.6 Å². The van der Waals surface area contributed by atoms with E-state index in [1.165, 1.54) is 23.8 Å².